The normalized spacial score (nSPS) is 11.6. The van der Waals surface area contributed by atoms with Gasteiger partial charge in [0.25, 0.3) is 0 Å². The molecule has 0 radical (unpaired) electrons. The van der Waals surface area contributed by atoms with Crippen molar-refractivity contribution in [1.29, 1.82) is 5.26 Å². The Morgan fingerprint density at radius 1 is 1.21 bits per heavy atom. The van der Waals surface area contributed by atoms with E-state index in [1.165, 1.54) is 17.3 Å². The number of nitrogens with one attached hydrogen (secondary N) is 1. The summed E-state index contributed by atoms with van der Waals surface area (Å²) in [6.45, 7) is 4.61. The lowest BCUT2D eigenvalue weighted by molar-refractivity contribution is -0.115. The molecule has 0 fully saturated rings. The van der Waals surface area contributed by atoms with Gasteiger partial charge in [0.05, 0.1) is 16.9 Å². The molecule has 1 atom stereocenters. The van der Waals surface area contributed by atoms with Crippen LogP contribution >= 0.6 is 11.8 Å². The Labute approximate surface area is 168 Å². The predicted molar refractivity (Wildman–Crippen MR) is 110 cm³/mol. The van der Waals surface area contributed by atoms with E-state index >= 15 is 0 Å². The van der Waals surface area contributed by atoms with Crippen molar-refractivity contribution in [3.8, 4) is 6.07 Å². The summed E-state index contributed by atoms with van der Waals surface area (Å²) < 4.78 is 2.04. The number of anilines is 1. The van der Waals surface area contributed by atoms with E-state index in [1.54, 1.807) is 24.3 Å². The van der Waals surface area contributed by atoms with Crippen LogP contribution in [-0.2, 0) is 17.8 Å². The van der Waals surface area contributed by atoms with Crippen molar-refractivity contribution in [1.82, 2.24) is 14.8 Å². The summed E-state index contributed by atoms with van der Waals surface area (Å²) >= 11 is 1.38. The van der Waals surface area contributed by atoms with E-state index in [9.17, 15) is 4.79 Å². The zero-order valence-corrected chi connectivity index (χ0v) is 16.6. The number of hydrogen-bond donors (Lipinski definition) is 1. The Kier molecular flexibility index (Phi) is 6.45. The van der Waals surface area contributed by atoms with Gasteiger partial charge in [-0.25, -0.2) is 0 Å². The molecule has 1 N–H and O–H groups in total. The largest absolute Gasteiger partial charge is 0.325 e. The molecular formula is C21H21N5OS. The minimum Gasteiger partial charge on any atom is -0.325 e. The van der Waals surface area contributed by atoms with Crippen molar-refractivity contribution in [2.45, 2.75) is 37.2 Å². The van der Waals surface area contributed by atoms with Crippen molar-refractivity contribution in [3.05, 3.63) is 71.5 Å². The van der Waals surface area contributed by atoms with Crippen molar-refractivity contribution in [3.63, 3.8) is 0 Å². The molecule has 3 aromatic rings. The van der Waals surface area contributed by atoms with Crippen LogP contribution in [0.25, 0.3) is 0 Å². The van der Waals surface area contributed by atoms with Gasteiger partial charge >= 0.3 is 0 Å². The second-order valence-electron chi connectivity index (χ2n) is 6.25. The van der Waals surface area contributed by atoms with Crippen LogP contribution < -0.4 is 5.32 Å². The van der Waals surface area contributed by atoms with Crippen molar-refractivity contribution < 1.29 is 4.79 Å². The van der Waals surface area contributed by atoms with Crippen LogP contribution in [0.1, 0.15) is 30.8 Å². The molecule has 142 valence electrons. The van der Waals surface area contributed by atoms with Crippen LogP contribution in [0.4, 0.5) is 5.69 Å². The molecule has 0 bridgehead atoms. The predicted octanol–water partition coefficient (Wildman–Crippen LogP) is 3.88. The molecule has 0 aliphatic rings. The molecule has 28 heavy (non-hydrogen) atoms. The zero-order valence-electron chi connectivity index (χ0n) is 15.8. The van der Waals surface area contributed by atoms with Crippen LogP contribution in [0.15, 0.2) is 59.8 Å². The average Bonchev–Trinajstić information content (AvgIpc) is 3.09. The Morgan fingerprint density at radius 2 is 2.00 bits per heavy atom. The van der Waals surface area contributed by atoms with Gasteiger partial charge in [0.2, 0.25) is 5.91 Å². The van der Waals surface area contributed by atoms with Crippen LogP contribution in [-0.4, -0.2) is 25.9 Å². The third-order valence-electron chi connectivity index (χ3n) is 4.23. The molecule has 0 saturated carbocycles. The van der Waals surface area contributed by atoms with E-state index in [-0.39, 0.29) is 11.2 Å². The van der Waals surface area contributed by atoms with Gasteiger partial charge in [0.1, 0.15) is 5.82 Å². The van der Waals surface area contributed by atoms with Crippen LogP contribution in [0, 0.1) is 11.3 Å². The van der Waals surface area contributed by atoms with Gasteiger partial charge in [-0.2, -0.15) is 5.26 Å². The number of aromatic nitrogens is 3. The quantitative estimate of drug-likeness (QED) is 0.618. The van der Waals surface area contributed by atoms with Crippen molar-refractivity contribution in [2.75, 3.05) is 5.32 Å². The van der Waals surface area contributed by atoms with E-state index in [1.807, 2.05) is 36.6 Å². The van der Waals surface area contributed by atoms with Crippen LogP contribution in [0.3, 0.4) is 0 Å². The van der Waals surface area contributed by atoms with Gasteiger partial charge in [-0.15, -0.1) is 10.2 Å². The molecule has 0 aliphatic carbocycles. The maximum atomic E-state index is 12.5. The van der Waals surface area contributed by atoms with Gasteiger partial charge in [-0.05, 0) is 37.6 Å². The number of carbonyl (C=O) groups is 1. The van der Waals surface area contributed by atoms with Crippen molar-refractivity contribution >= 4 is 23.4 Å². The molecule has 0 saturated heterocycles. The van der Waals surface area contributed by atoms with E-state index < -0.39 is 0 Å². The number of rotatable bonds is 7. The van der Waals surface area contributed by atoms with Gasteiger partial charge < -0.3 is 9.88 Å². The van der Waals surface area contributed by atoms with Gasteiger partial charge in [0, 0.05) is 18.7 Å². The lowest BCUT2D eigenvalue weighted by atomic mass is 10.1. The SMILES string of the molecule is CCn1c(Cc2ccccc2)nnc1SC(C)C(=O)Nc1cccc(C#N)c1. The first-order chi connectivity index (χ1) is 13.6. The van der Waals surface area contributed by atoms with Gasteiger partial charge in [0.15, 0.2) is 5.16 Å². The van der Waals surface area contributed by atoms with Crippen LogP contribution in [0.2, 0.25) is 0 Å². The number of carbonyl (C=O) groups excluding carboxylic acids is 1. The summed E-state index contributed by atoms with van der Waals surface area (Å²) in [6.07, 6.45) is 0.698. The maximum absolute atomic E-state index is 12.5. The standard InChI is InChI=1S/C21H21N5OS/c1-3-26-19(13-16-8-5-4-6-9-16)24-25-21(26)28-15(2)20(27)23-18-11-7-10-17(12-18)14-22/h4-12,15H,3,13H2,1-2H3,(H,23,27). The van der Waals surface area contributed by atoms with Gasteiger partial charge in [-0.3, -0.25) is 4.79 Å². The van der Waals surface area contributed by atoms with Crippen molar-refractivity contribution in [2.24, 2.45) is 0 Å². The van der Waals surface area contributed by atoms with E-state index in [0.29, 0.717) is 17.7 Å². The number of benzene rings is 2. The first-order valence-corrected chi connectivity index (χ1v) is 9.92. The molecular weight excluding hydrogens is 370 g/mol. The number of thioether (sulfide) groups is 1. The molecule has 2 aromatic carbocycles. The molecule has 3 rings (SSSR count). The fourth-order valence-electron chi connectivity index (χ4n) is 2.76. The Bertz CT molecular complexity index is 994. The highest BCUT2D eigenvalue weighted by Gasteiger charge is 2.20. The third-order valence-corrected chi connectivity index (χ3v) is 5.31. The summed E-state index contributed by atoms with van der Waals surface area (Å²) in [6, 6.07) is 19.1. The highest BCUT2D eigenvalue weighted by atomic mass is 32.2. The molecule has 1 aromatic heterocycles. The fraction of sp³-hybridized carbons (Fsp3) is 0.238. The van der Waals surface area contributed by atoms with E-state index in [2.05, 4.69) is 33.7 Å². The molecule has 0 aliphatic heterocycles. The summed E-state index contributed by atoms with van der Waals surface area (Å²) in [5.41, 5.74) is 2.29. The topological polar surface area (TPSA) is 83.6 Å². The monoisotopic (exact) mass is 391 g/mol. The number of amides is 1. The van der Waals surface area contributed by atoms with E-state index in [0.717, 1.165) is 17.5 Å². The summed E-state index contributed by atoms with van der Waals surface area (Å²) in [4.78, 5) is 12.5. The smallest absolute Gasteiger partial charge is 0.237 e. The molecule has 6 nitrogen and oxygen atoms in total. The molecule has 1 amide bonds. The van der Waals surface area contributed by atoms with Gasteiger partial charge in [-0.1, -0.05) is 48.2 Å². The summed E-state index contributed by atoms with van der Waals surface area (Å²) in [7, 11) is 0. The average molecular weight is 392 g/mol. The third kappa shape index (κ3) is 4.78. The fourth-order valence-corrected chi connectivity index (χ4v) is 3.69. The first kappa shape index (κ1) is 19.6. The minimum absolute atomic E-state index is 0.143. The first-order valence-electron chi connectivity index (χ1n) is 9.04. The lowest BCUT2D eigenvalue weighted by Crippen LogP contribution is -2.23. The second kappa shape index (κ2) is 9.20. The Morgan fingerprint density at radius 3 is 2.71 bits per heavy atom. The zero-order chi connectivity index (χ0) is 19.9. The molecule has 1 unspecified atom stereocenters. The maximum Gasteiger partial charge on any atom is 0.237 e. The van der Waals surface area contributed by atoms with E-state index in [4.69, 9.17) is 5.26 Å². The summed E-state index contributed by atoms with van der Waals surface area (Å²) in [5.74, 6) is 0.737. The van der Waals surface area contributed by atoms with Crippen LogP contribution in [0.5, 0.6) is 0 Å². The highest BCUT2D eigenvalue weighted by molar-refractivity contribution is 8.00. The number of hydrogen-bond acceptors (Lipinski definition) is 5. The summed E-state index contributed by atoms with van der Waals surface area (Å²) in [5, 5.41) is 20.8. The Hall–Kier alpha value is -3.11. The molecule has 7 heteroatoms. The molecule has 1 heterocycles. The second-order valence-corrected chi connectivity index (χ2v) is 7.56. The Balaban J connectivity index is 1.68. The molecule has 0 spiro atoms. The highest BCUT2D eigenvalue weighted by Crippen LogP contribution is 2.24. The number of nitriles is 1. The minimum atomic E-state index is -0.357. The number of nitrogens with zero attached hydrogens (tertiary/aromatic N) is 4. The lowest BCUT2D eigenvalue weighted by Gasteiger charge is -2.13.